The van der Waals surface area contributed by atoms with E-state index in [9.17, 15) is 22.4 Å². The van der Waals surface area contributed by atoms with Gasteiger partial charge in [0.2, 0.25) is 0 Å². The van der Waals surface area contributed by atoms with Crippen molar-refractivity contribution in [2.75, 3.05) is 27.2 Å². The number of benzene rings is 2. The summed E-state index contributed by atoms with van der Waals surface area (Å²) in [6.07, 6.45) is -4.03. The number of halogens is 4. The first kappa shape index (κ1) is 22.3. The van der Waals surface area contributed by atoms with Crippen molar-refractivity contribution in [2.45, 2.75) is 12.7 Å². The smallest absolute Gasteiger partial charge is 0.412 e. The molecule has 0 radical (unpaired) electrons. The molecule has 0 fully saturated rings. The highest BCUT2D eigenvalue weighted by Gasteiger charge is 2.29. The molecule has 0 saturated carbocycles. The molecule has 1 N–H and O–H groups in total. The standard InChI is InChI=1S/C20H20F4N4O3/c1-27(2)8-7-25-19(29)31-18-10-16-13(11-26-28(16)12-20(22,23)24)9-17(18)30-15-5-3-14(21)4-6-15/h3-6,9-11H,7-8,12H2,1-2H3,(H,25,29). The quantitative estimate of drug-likeness (QED) is 0.559. The van der Waals surface area contributed by atoms with Crippen LogP contribution in [0.1, 0.15) is 0 Å². The van der Waals surface area contributed by atoms with Crippen LogP contribution >= 0.6 is 0 Å². The zero-order valence-electron chi connectivity index (χ0n) is 16.7. The van der Waals surface area contributed by atoms with Crippen molar-refractivity contribution in [3.63, 3.8) is 0 Å². The molecule has 166 valence electrons. The molecular weight excluding hydrogens is 420 g/mol. The van der Waals surface area contributed by atoms with E-state index in [-0.39, 0.29) is 22.8 Å². The molecule has 31 heavy (non-hydrogen) atoms. The Hall–Kier alpha value is -3.34. The van der Waals surface area contributed by atoms with Crippen molar-refractivity contribution in [1.82, 2.24) is 20.0 Å². The number of aromatic nitrogens is 2. The summed E-state index contributed by atoms with van der Waals surface area (Å²) in [6, 6.07) is 7.76. The van der Waals surface area contributed by atoms with Gasteiger partial charge in [-0.15, -0.1) is 0 Å². The average molecular weight is 440 g/mol. The zero-order valence-corrected chi connectivity index (χ0v) is 16.7. The van der Waals surface area contributed by atoms with Gasteiger partial charge in [-0.1, -0.05) is 0 Å². The number of likely N-dealkylation sites (N-methyl/N-ethyl adjacent to an activating group) is 1. The number of fused-ring (bicyclic) bond motifs is 1. The molecule has 0 spiro atoms. The van der Waals surface area contributed by atoms with E-state index in [1.54, 1.807) is 0 Å². The van der Waals surface area contributed by atoms with Crippen molar-refractivity contribution in [3.8, 4) is 17.2 Å². The Morgan fingerprint density at radius 1 is 1.16 bits per heavy atom. The lowest BCUT2D eigenvalue weighted by molar-refractivity contribution is -0.141. The van der Waals surface area contributed by atoms with Crippen molar-refractivity contribution in [3.05, 3.63) is 48.4 Å². The number of alkyl halides is 3. The molecule has 0 bridgehead atoms. The van der Waals surface area contributed by atoms with E-state index >= 15 is 0 Å². The third-order valence-corrected chi connectivity index (χ3v) is 4.11. The first-order valence-corrected chi connectivity index (χ1v) is 9.21. The molecule has 0 aliphatic carbocycles. The molecule has 1 amide bonds. The summed E-state index contributed by atoms with van der Waals surface area (Å²) in [5, 5.41) is 6.65. The van der Waals surface area contributed by atoms with E-state index in [1.807, 2.05) is 19.0 Å². The van der Waals surface area contributed by atoms with Crippen LogP contribution < -0.4 is 14.8 Å². The molecule has 0 aliphatic heterocycles. The van der Waals surface area contributed by atoms with Gasteiger partial charge < -0.3 is 19.7 Å². The Balaban J connectivity index is 1.92. The van der Waals surface area contributed by atoms with Gasteiger partial charge in [0.25, 0.3) is 0 Å². The number of nitrogens with zero attached hydrogens (tertiary/aromatic N) is 3. The highest BCUT2D eigenvalue weighted by atomic mass is 19.4. The molecule has 3 rings (SSSR count). The highest BCUT2D eigenvalue weighted by molar-refractivity contribution is 5.84. The lowest BCUT2D eigenvalue weighted by atomic mass is 10.2. The number of rotatable bonds is 7. The van der Waals surface area contributed by atoms with Gasteiger partial charge in [-0.25, -0.2) is 9.18 Å². The van der Waals surface area contributed by atoms with Crippen LogP contribution in [0.15, 0.2) is 42.6 Å². The molecular formula is C20H20F4N4O3. The van der Waals surface area contributed by atoms with Gasteiger partial charge >= 0.3 is 12.3 Å². The monoisotopic (exact) mass is 440 g/mol. The van der Waals surface area contributed by atoms with Crippen molar-refractivity contribution in [1.29, 1.82) is 0 Å². The second-order valence-electron chi connectivity index (χ2n) is 6.95. The van der Waals surface area contributed by atoms with E-state index in [0.29, 0.717) is 18.5 Å². The maximum atomic E-state index is 13.2. The fraction of sp³-hybridized carbons (Fsp3) is 0.300. The minimum absolute atomic E-state index is 0.0634. The van der Waals surface area contributed by atoms with Gasteiger partial charge in [-0.2, -0.15) is 18.3 Å². The summed E-state index contributed by atoms with van der Waals surface area (Å²) >= 11 is 0. The predicted octanol–water partition coefficient (Wildman–Crippen LogP) is 4.18. The minimum Gasteiger partial charge on any atom is -0.453 e. The maximum absolute atomic E-state index is 13.2. The number of nitrogens with one attached hydrogen (secondary N) is 1. The Morgan fingerprint density at radius 2 is 1.87 bits per heavy atom. The lowest BCUT2D eigenvalue weighted by Gasteiger charge is -2.14. The van der Waals surface area contributed by atoms with Crippen molar-refractivity contribution >= 4 is 17.0 Å². The van der Waals surface area contributed by atoms with Crippen LogP contribution in [-0.4, -0.2) is 54.1 Å². The van der Waals surface area contributed by atoms with Crippen LogP contribution in [-0.2, 0) is 6.54 Å². The van der Waals surface area contributed by atoms with Gasteiger partial charge in [-0.05, 0) is 44.4 Å². The van der Waals surface area contributed by atoms with E-state index in [0.717, 1.165) is 4.68 Å². The van der Waals surface area contributed by atoms with Gasteiger partial charge in [0.15, 0.2) is 11.5 Å². The number of hydrogen-bond donors (Lipinski definition) is 1. The first-order valence-electron chi connectivity index (χ1n) is 9.21. The van der Waals surface area contributed by atoms with Crippen LogP contribution in [0.2, 0.25) is 0 Å². The number of hydrogen-bond acceptors (Lipinski definition) is 5. The van der Waals surface area contributed by atoms with Gasteiger partial charge in [0.05, 0.1) is 11.7 Å². The second-order valence-corrected chi connectivity index (χ2v) is 6.95. The van der Waals surface area contributed by atoms with E-state index in [2.05, 4.69) is 10.4 Å². The fourth-order valence-corrected chi connectivity index (χ4v) is 2.69. The Kier molecular flexibility index (Phi) is 6.64. The third kappa shape index (κ3) is 6.32. The summed E-state index contributed by atoms with van der Waals surface area (Å²) < 4.78 is 63.4. The maximum Gasteiger partial charge on any atom is 0.412 e. The number of amides is 1. The van der Waals surface area contributed by atoms with E-state index < -0.39 is 24.6 Å². The molecule has 0 unspecified atom stereocenters. The first-order chi connectivity index (χ1) is 14.6. The van der Waals surface area contributed by atoms with Crippen molar-refractivity contribution < 1.29 is 31.8 Å². The number of carbonyl (C=O) groups excluding carboxylic acids is 1. The number of carbonyl (C=O) groups is 1. The second kappa shape index (κ2) is 9.21. The molecule has 3 aromatic rings. The molecule has 0 saturated heterocycles. The predicted molar refractivity (Wildman–Crippen MR) is 105 cm³/mol. The summed E-state index contributed by atoms with van der Waals surface area (Å²) in [6.45, 7) is -0.442. The summed E-state index contributed by atoms with van der Waals surface area (Å²) in [7, 11) is 3.66. The molecule has 11 heteroatoms. The highest BCUT2D eigenvalue weighted by Crippen LogP contribution is 2.36. The zero-order chi connectivity index (χ0) is 22.6. The Bertz CT molecular complexity index is 1050. The average Bonchev–Trinajstić information content (AvgIpc) is 3.03. The molecule has 0 atom stereocenters. The summed E-state index contributed by atoms with van der Waals surface area (Å²) in [5.74, 6) is -0.259. The molecule has 7 nitrogen and oxygen atoms in total. The van der Waals surface area contributed by atoms with E-state index in [4.69, 9.17) is 9.47 Å². The third-order valence-electron chi connectivity index (χ3n) is 4.11. The van der Waals surface area contributed by atoms with Gasteiger partial charge in [0, 0.05) is 24.5 Å². The Morgan fingerprint density at radius 3 is 2.52 bits per heavy atom. The van der Waals surface area contributed by atoms with Crippen molar-refractivity contribution in [2.24, 2.45) is 0 Å². The van der Waals surface area contributed by atoms with Crippen LogP contribution in [0.5, 0.6) is 17.2 Å². The topological polar surface area (TPSA) is 68.6 Å². The van der Waals surface area contributed by atoms with Gasteiger partial charge in [0.1, 0.15) is 18.1 Å². The molecule has 1 heterocycles. The molecule has 2 aromatic carbocycles. The summed E-state index contributed by atoms with van der Waals surface area (Å²) in [4.78, 5) is 14.0. The lowest BCUT2D eigenvalue weighted by Crippen LogP contribution is -2.33. The van der Waals surface area contributed by atoms with Crippen LogP contribution in [0.4, 0.5) is 22.4 Å². The summed E-state index contributed by atoms with van der Waals surface area (Å²) in [5.41, 5.74) is 0.111. The Labute approximate surface area is 175 Å². The fourth-order valence-electron chi connectivity index (χ4n) is 2.69. The molecule has 0 aliphatic rings. The molecule has 1 aromatic heterocycles. The normalized spacial score (nSPS) is 11.7. The SMILES string of the molecule is CN(C)CCNC(=O)Oc1cc2c(cnn2CC(F)(F)F)cc1Oc1ccc(F)cc1. The largest absolute Gasteiger partial charge is 0.453 e. The van der Waals surface area contributed by atoms with Crippen LogP contribution in [0.25, 0.3) is 10.9 Å². The number of ether oxygens (including phenoxy) is 2. The van der Waals surface area contributed by atoms with Crippen LogP contribution in [0.3, 0.4) is 0 Å². The van der Waals surface area contributed by atoms with E-state index in [1.165, 1.54) is 42.6 Å². The van der Waals surface area contributed by atoms with Crippen LogP contribution in [0, 0.1) is 5.82 Å². The minimum atomic E-state index is -4.48. The van der Waals surface area contributed by atoms with Gasteiger partial charge in [-0.3, -0.25) is 4.68 Å².